The molecule has 0 fully saturated rings. The zero-order valence-electron chi connectivity index (χ0n) is 13.9. The summed E-state index contributed by atoms with van der Waals surface area (Å²) in [6.07, 6.45) is -2.91. The third-order valence-corrected chi connectivity index (χ3v) is 3.95. The fourth-order valence-electron chi connectivity index (χ4n) is 2.57. The number of alkyl halides is 3. The lowest BCUT2D eigenvalue weighted by Crippen LogP contribution is -2.29. The Morgan fingerprint density at radius 3 is 2.52 bits per heavy atom. The summed E-state index contributed by atoms with van der Waals surface area (Å²) in [4.78, 5) is 27.7. The highest BCUT2D eigenvalue weighted by molar-refractivity contribution is 5.87. The summed E-state index contributed by atoms with van der Waals surface area (Å²) in [5, 5.41) is 16.1. The van der Waals surface area contributed by atoms with Gasteiger partial charge in [0.15, 0.2) is 11.3 Å². The fourth-order valence-corrected chi connectivity index (χ4v) is 2.57. The van der Waals surface area contributed by atoms with Crippen molar-refractivity contribution in [3.05, 3.63) is 46.5 Å². The number of carbonyl (C=O) groups is 1. The Kier molecular flexibility index (Phi) is 4.70. The van der Waals surface area contributed by atoms with E-state index in [1.165, 1.54) is 23.9 Å². The molecule has 2 N–H and O–H groups in total. The molecule has 11 heteroatoms. The van der Waals surface area contributed by atoms with Crippen LogP contribution >= 0.6 is 0 Å². The third-order valence-electron chi connectivity index (χ3n) is 3.95. The van der Waals surface area contributed by atoms with Crippen molar-refractivity contribution >= 4 is 28.8 Å². The molecule has 0 saturated heterocycles. The van der Waals surface area contributed by atoms with Crippen molar-refractivity contribution < 1.29 is 23.1 Å². The SMILES string of the molecule is Cn1nc(Nc2ccc(C(F)(F)F)cc2)c2ncn(C(C=O)CO)c(=O)c21. The van der Waals surface area contributed by atoms with Crippen molar-refractivity contribution in [1.82, 2.24) is 19.3 Å². The lowest BCUT2D eigenvalue weighted by Gasteiger charge is -2.10. The van der Waals surface area contributed by atoms with Crippen molar-refractivity contribution in [3.8, 4) is 0 Å². The number of nitrogens with one attached hydrogen (secondary N) is 1. The monoisotopic (exact) mass is 381 g/mol. The summed E-state index contributed by atoms with van der Waals surface area (Å²) < 4.78 is 40.1. The van der Waals surface area contributed by atoms with Gasteiger partial charge in [-0.15, -0.1) is 0 Å². The molecule has 8 nitrogen and oxygen atoms in total. The first-order chi connectivity index (χ1) is 12.8. The second-order valence-electron chi connectivity index (χ2n) is 5.71. The van der Waals surface area contributed by atoms with Gasteiger partial charge in [-0.1, -0.05) is 0 Å². The average molecular weight is 381 g/mol. The first kappa shape index (κ1) is 18.6. The molecule has 0 aliphatic heterocycles. The predicted octanol–water partition coefficient (Wildman–Crippen LogP) is 1.62. The van der Waals surface area contributed by atoms with Gasteiger partial charge in [-0.05, 0) is 24.3 Å². The first-order valence-corrected chi connectivity index (χ1v) is 7.70. The van der Waals surface area contributed by atoms with Crippen molar-refractivity contribution in [2.24, 2.45) is 7.05 Å². The molecule has 0 bridgehead atoms. The number of nitrogens with zero attached hydrogens (tertiary/aromatic N) is 4. The maximum Gasteiger partial charge on any atom is 0.416 e. The van der Waals surface area contributed by atoms with Crippen molar-refractivity contribution in [3.63, 3.8) is 0 Å². The van der Waals surface area contributed by atoms with Gasteiger partial charge in [0.05, 0.1) is 18.5 Å². The number of aromatic nitrogens is 4. The van der Waals surface area contributed by atoms with Gasteiger partial charge >= 0.3 is 6.18 Å². The third kappa shape index (κ3) is 3.40. The summed E-state index contributed by atoms with van der Waals surface area (Å²) in [7, 11) is 1.49. The zero-order valence-corrected chi connectivity index (χ0v) is 13.9. The molecule has 0 aliphatic carbocycles. The van der Waals surface area contributed by atoms with E-state index in [4.69, 9.17) is 0 Å². The number of aliphatic hydroxyl groups excluding tert-OH is 1. The lowest BCUT2D eigenvalue weighted by atomic mass is 10.2. The van der Waals surface area contributed by atoms with E-state index in [0.29, 0.717) is 12.0 Å². The van der Waals surface area contributed by atoms with Crippen LogP contribution in [-0.4, -0.2) is 37.3 Å². The van der Waals surface area contributed by atoms with Gasteiger partial charge in [0, 0.05) is 12.7 Å². The van der Waals surface area contributed by atoms with Gasteiger partial charge in [0.25, 0.3) is 5.56 Å². The van der Waals surface area contributed by atoms with Crippen LogP contribution in [0, 0.1) is 0 Å². The van der Waals surface area contributed by atoms with Gasteiger partial charge in [-0.2, -0.15) is 18.3 Å². The minimum atomic E-state index is -4.44. The minimum absolute atomic E-state index is 0.0761. The minimum Gasteiger partial charge on any atom is -0.394 e. The van der Waals surface area contributed by atoms with E-state index < -0.39 is 29.9 Å². The number of rotatable bonds is 5. The van der Waals surface area contributed by atoms with E-state index in [-0.39, 0.29) is 16.9 Å². The van der Waals surface area contributed by atoms with E-state index >= 15 is 0 Å². The van der Waals surface area contributed by atoms with Crippen molar-refractivity contribution in [1.29, 1.82) is 0 Å². The number of anilines is 2. The molecule has 1 atom stereocenters. The van der Waals surface area contributed by atoms with E-state index in [1.807, 2.05) is 0 Å². The molecule has 0 saturated carbocycles. The molecule has 1 unspecified atom stereocenters. The first-order valence-electron chi connectivity index (χ1n) is 7.70. The summed E-state index contributed by atoms with van der Waals surface area (Å²) in [6, 6.07) is 3.24. The molecular formula is C16H14F3N5O3. The molecule has 0 radical (unpaired) electrons. The molecule has 2 heterocycles. The molecule has 142 valence electrons. The van der Waals surface area contributed by atoms with Gasteiger partial charge in [-0.25, -0.2) is 4.98 Å². The number of halogens is 3. The largest absolute Gasteiger partial charge is 0.416 e. The van der Waals surface area contributed by atoms with Gasteiger partial charge < -0.3 is 15.2 Å². The highest BCUT2D eigenvalue weighted by Gasteiger charge is 2.30. The number of fused-ring (bicyclic) bond motifs is 1. The zero-order chi connectivity index (χ0) is 19.8. The normalized spacial score (nSPS) is 12.9. The molecule has 3 rings (SSSR count). The van der Waals surface area contributed by atoms with Crippen LogP contribution < -0.4 is 10.9 Å². The van der Waals surface area contributed by atoms with Crippen LogP contribution in [0.1, 0.15) is 11.6 Å². The van der Waals surface area contributed by atoms with Gasteiger partial charge in [0.2, 0.25) is 0 Å². The molecular weight excluding hydrogens is 367 g/mol. The summed E-state index contributed by atoms with van der Waals surface area (Å²) in [6.45, 7) is -0.564. The molecule has 1 aromatic carbocycles. The van der Waals surface area contributed by atoms with E-state index in [9.17, 15) is 27.9 Å². The highest BCUT2D eigenvalue weighted by Crippen LogP contribution is 2.30. The van der Waals surface area contributed by atoms with Crippen molar-refractivity contribution in [2.45, 2.75) is 12.2 Å². The van der Waals surface area contributed by atoms with Crippen molar-refractivity contribution in [2.75, 3.05) is 11.9 Å². The Labute approximate surface area is 149 Å². The summed E-state index contributed by atoms with van der Waals surface area (Å²) in [5.74, 6) is 0.170. The summed E-state index contributed by atoms with van der Waals surface area (Å²) in [5.41, 5.74) is -0.783. The van der Waals surface area contributed by atoms with Crippen LogP contribution in [0.4, 0.5) is 24.7 Å². The summed E-state index contributed by atoms with van der Waals surface area (Å²) >= 11 is 0. The smallest absolute Gasteiger partial charge is 0.394 e. The Morgan fingerprint density at radius 2 is 1.96 bits per heavy atom. The standard InChI is InChI=1S/C16H14F3N5O3/c1-23-13-12(20-8-24(15(13)27)11(6-25)7-26)14(22-23)21-10-4-2-9(3-5-10)16(17,18)19/h2-6,8,11,26H,7H2,1H3,(H,21,22). The predicted molar refractivity (Wildman–Crippen MR) is 89.7 cm³/mol. The van der Waals surface area contributed by atoms with Crippen LogP contribution in [0.15, 0.2) is 35.4 Å². The maximum atomic E-state index is 12.6. The Morgan fingerprint density at radius 1 is 1.30 bits per heavy atom. The Hall–Kier alpha value is -3.21. The second kappa shape index (κ2) is 6.83. The van der Waals surface area contributed by atoms with Gasteiger partial charge in [-0.3, -0.25) is 14.0 Å². The quantitative estimate of drug-likeness (QED) is 0.652. The molecule has 3 aromatic rings. The van der Waals surface area contributed by atoms with Crippen LogP contribution in [0.25, 0.3) is 11.0 Å². The molecule has 0 spiro atoms. The van der Waals surface area contributed by atoms with E-state index in [0.717, 1.165) is 23.0 Å². The lowest BCUT2D eigenvalue weighted by molar-refractivity contribution is -0.137. The Balaban J connectivity index is 2.00. The second-order valence-corrected chi connectivity index (χ2v) is 5.71. The number of aryl methyl sites for hydroxylation is 1. The molecule has 0 aliphatic rings. The number of benzene rings is 1. The molecule has 27 heavy (non-hydrogen) atoms. The number of aldehydes is 1. The van der Waals surface area contributed by atoms with Crippen LogP contribution in [0.3, 0.4) is 0 Å². The maximum absolute atomic E-state index is 12.6. The average Bonchev–Trinajstić information content (AvgIpc) is 2.94. The fraction of sp³-hybridized carbons (Fsp3) is 0.250. The van der Waals surface area contributed by atoms with Crippen LogP contribution in [0.2, 0.25) is 0 Å². The highest BCUT2D eigenvalue weighted by atomic mass is 19.4. The number of hydrogen-bond acceptors (Lipinski definition) is 6. The van der Waals surface area contributed by atoms with Gasteiger partial charge in [0.1, 0.15) is 17.8 Å². The number of aliphatic hydroxyl groups is 1. The number of carbonyl (C=O) groups excluding carboxylic acids is 1. The molecule has 2 aromatic heterocycles. The van der Waals surface area contributed by atoms with Crippen LogP contribution in [-0.2, 0) is 18.0 Å². The topological polar surface area (TPSA) is 102 Å². The van der Waals surface area contributed by atoms with E-state index in [1.54, 1.807) is 0 Å². The molecule has 0 amide bonds. The van der Waals surface area contributed by atoms with E-state index in [2.05, 4.69) is 15.4 Å². The number of hydrogen-bond donors (Lipinski definition) is 2. The Bertz CT molecular complexity index is 1040. The van der Waals surface area contributed by atoms with Crippen LogP contribution in [0.5, 0.6) is 0 Å².